The summed E-state index contributed by atoms with van der Waals surface area (Å²) < 4.78 is 5.08. The van der Waals surface area contributed by atoms with Crippen molar-refractivity contribution in [1.82, 2.24) is 4.90 Å². The van der Waals surface area contributed by atoms with Crippen LogP contribution >= 0.6 is 11.6 Å². The van der Waals surface area contributed by atoms with Crippen LogP contribution in [0.15, 0.2) is 18.2 Å². The first kappa shape index (κ1) is 15.4. The Morgan fingerprint density at radius 1 is 1.48 bits per heavy atom. The van der Waals surface area contributed by atoms with E-state index in [4.69, 9.17) is 16.3 Å². The summed E-state index contributed by atoms with van der Waals surface area (Å²) in [4.78, 5) is 24.8. The molecule has 1 aromatic carbocycles. The molecule has 1 aliphatic rings. The molecule has 7 heteroatoms. The van der Waals surface area contributed by atoms with E-state index in [9.17, 15) is 14.7 Å². The zero-order valence-corrected chi connectivity index (χ0v) is 12.6. The fourth-order valence-electron chi connectivity index (χ4n) is 2.25. The number of carbonyl (C=O) groups is 2. The van der Waals surface area contributed by atoms with E-state index < -0.39 is 11.4 Å². The fraction of sp³-hybridized carbons (Fsp3) is 0.429. The molecule has 2 N–H and O–H groups in total. The lowest BCUT2D eigenvalue weighted by Gasteiger charge is -2.20. The first-order valence-electron chi connectivity index (χ1n) is 6.48. The molecular formula is C14H17ClN2O4. The minimum Gasteiger partial charge on any atom is -0.495 e. The maximum Gasteiger partial charge on any atom is 0.321 e. The van der Waals surface area contributed by atoms with Crippen molar-refractivity contribution in [2.45, 2.75) is 13.3 Å². The SMILES string of the molecule is COc1cc(NC(=O)N2CCC(C)(C(=O)O)C2)ccc1Cl. The van der Waals surface area contributed by atoms with Gasteiger partial charge >= 0.3 is 12.0 Å². The average molecular weight is 313 g/mol. The minimum atomic E-state index is -0.883. The third-order valence-corrected chi connectivity index (χ3v) is 3.99. The van der Waals surface area contributed by atoms with Crippen LogP contribution in [-0.4, -0.2) is 42.2 Å². The lowest BCUT2D eigenvalue weighted by molar-refractivity contribution is -0.146. The largest absolute Gasteiger partial charge is 0.495 e. The topological polar surface area (TPSA) is 78.9 Å². The summed E-state index contributed by atoms with van der Waals surface area (Å²) in [6, 6.07) is 4.58. The zero-order valence-electron chi connectivity index (χ0n) is 11.9. The van der Waals surface area contributed by atoms with Crippen molar-refractivity contribution in [1.29, 1.82) is 0 Å². The Bertz CT molecular complexity index is 578. The summed E-state index contributed by atoms with van der Waals surface area (Å²) in [6.45, 7) is 2.26. The minimum absolute atomic E-state index is 0.193. The van der Waals surface area contributed by atoms with E-state index in [1.807, 2.05) is 0 Å². The van der Waals surface area contributed by atoms with Crippen molar-refractivity contribution in [2.75, 3.05) is 25.5 Å². The smallest absolute Gasteiger partial charge is 0.321 e. The molecule has 1 heterocycles. The predicted molar refractivity (Wildman–Crippen MR) is 79.0 cm³/mol. The molecule has 1 unspecified atom stereocenters. The highest BCUT2D eigenvalue weighted by Crippen LogP contribution is 2.31. The van der Waals surface area contributed by atoms with Gasteiger partial charge in [0, 0.05) is 24.8 Å². The lowest BCUT2D eigenvalue weighted by Crippen LogP contribution is -2.37. The summed E-state index contributed by atoms with van der Waals surface area (Å²) in [7, 11) is 1.49. The molecule has 0 aliphatic carbocycles. The molecule has 0 bridgehead atoms. The molecule has 0 spiro atoms. The maximum atomic E-state index is 12.2. The van der Waals surface area contributed by atoms with Crippen LogP contribution in [0.2, 0.25) is 5.02 Å². The van der Waals surface area contributed by atoms with Gasteiger partial charge in [0.2, 0.25) is 0 Å². The second-order valence-corrected chi connectivity index (χ2v) is 5.72. The second kappa shape index (κ2) is 5.81. The number of aliphatic carboxylic acids is 1. The van der Waals surface area contributed by atoms with Crippen LogP contribution in [0.4, 0.5) is 10.5 Å². The number of rotatable bonds is 3. The fourth-order valence-corrected chi connectivity index (χ4v) is 2.44. The van der Waals surface area contributed by atoms with Gasteiger partial charge in [-0.05, 0) is 25.5 Å². The van der Waals surface area contributed by atoms with Crippen molar-refractivity contribution >= 4 is 29.3 Å². The molecule has 1 saturated heterocycles. The number of urea groups is 1. The monoisotopic (exact) mass is 312 g/mol. The first-order chi connectivity index (χ1) is 9.85. The van der Waals surface area contributed by atoms with Crippen molar-refractivity contribution in [2.24, 2.45) is 5.41 Å². The molecule has 114 valence electrons. The molecule has 2 amide bonds. The molecule has 1 atom stereocenters. The number of hydrogen-bond donors (Lipinski definition) is 2. The number of nitrogens with zero attached hydrogens (tertiary/aromatic N) is 1. The van der Waals surface area contributed by atoms with E-state index in [1.165, 1.54) is 12.0 Å². The number of nitrogens with one attached hydrogen (secondary N) is 1. The molecule has 2 rings (SSSR count). The molecule has 6 nitrogen and oxygen atoms in total. The van der Waals surface area contributed by atoms with Crippen LogP contribution < -0.4 is 10.1 Å². The Balaban J connectivity index is 2.04. The van der Waals surface area contributed by atoms with Gasteiger partial charge in [0.05, 0.1) is 17.5 Å². The molecule has 1 fully saturated rings. The normalized spacial score (nSPS) is 21.2. The molecule has 21 heavy (non-hydrogen) atoms. The van der Waals surface area contributed by atoms with E-state index in [0.29, 0.717) is 29.4 Å². The quantitative estimate of drug-likeness (QED) is 0.899. The van der Waals surface area contributed by atoms with Gasteiger partial charge in [-0.2, -0.15) is 0 Å². The van der Waals surface area contributed by atoms with Crippen LogP contribution in [0.25, 0.3) is 0 Å². The van der Waals surface area contributed by atoms with Gasteiger partial charge in [-0.1, -0.05) is 11.6 Å². The number of carbonyl (C=O) groups excluding carboxylic acids is 1. The number of ether oxygens (including phenoxy) is 1. The number of anilines is 1. The third-order valence-electron chi connectivity index (χ3n) is 3.68. The number of halogens is 1. The standard InChI is InChI=1S/C14H17ClN2O4/c1-14(12(18)19)5-6-17(8-14)13(20)16-9-3-4-10(15)11(7-9)21-2/h3-4,7H,5-6,8H2,1-2H3,(H,16,20)(H,18,19). The van der Waals surface area contributed by atoms with Crippen molar-refractivity contribution in [3.8, 4) is 5.75 Å². The molecule has 0 aromatic heterocycles. The number of benzene rings is 1. The van der Waals surface area contributed by atoms with E-state index in [0.717, 1.165) is 0 Å². The van der Waals surface area contributed by atoms with E-state index in [2.05, 4.69) is 5.32 Å². The van der Waals surface area contributed by atoms with Crippen LogP contribution in [0, 0.1) is 5.41 Å². The number of amides is 2. The van der Waals surface area contributed by atoms with Gasteiger partial charge < -0.3 is 20.1 Å². The Hall–Kier alpha value is -1.95. The van der Waals surface area contributed by atoms with Crippen LogP contribution in [0.3, 0.4) is 0 Å². The van der Waals surface area contributed by atoms with Crippen LogP contribution in [0.5, 0.6) is 5.75 Å². The summed E-state index contributed by atoms with van der Waals surface area (Å²) in [5, 5.41) is 12.3. The van der Waals surface area contributed by atoms with Crippen LogP contribution in [-0.2, 0) is 4.79 Å². The Morgan fingerprint density at radius 2 is 2.19 bits per heavy atom. The van der Waals surface area contributed by atoms with Gasteiger partial charge in [0.1, 0.15) is 5.75 Å². The molecular weight excluding hydrogens is 296 g/mol. The highest BCUT2D eigenvalue weighted by atomic mass is 35.5. The average Bonchev–Trinajstić information content (AvgIpc) is 2.85. The van der Waals surface area contributed by atoms with Crippen LogP contribution in [0.1, 0.15) is 13.3 Å². The van der Waals surface area contributed by atoms with Gasteiger partial charge in [-0.25, -0.2) is 4.79 Å². The number of carboxylic acid groups (broad SMARTS) is 1. The van der Waals surface area contributed by atoms with Crippen molar-refractivity contribution in [3.63, 3.8) is 0 Å². The molecule has 1 aromatic rings. The molecule has 0 radical (unpaired) electrons. The summed E-state index contributed by atoms with van der Waals surface area (Å²) in [5.41, 5.74) is -0.333. The molecule has 1 aliphatic heterocycles. The maximum absolute atomic E-state index is 12.2. The number of likely N-dealkylation sites (tertiary alicyclic amines) is 1. The van der Waals surface area contributed by atoms with E-state index in [-0.39, 0.29) is 12.6 Å². The second-order valence-electron chi connectivity index (χ2n) is 5.32. The first-order valence-corrected chi connectivity index (χ1v) is 6.86. The van der Waals surface area contributed by atoms with Crippen molar-refractivity contribution < 1.29 is 19.4 Å². The Kier molecular flexibility index (Phi) is 4.27. The van der Waals surface area contributed by atoms with Gasteiger partial charge in [0.15, 0.2) is 0 Å². The van der Waals surface area contributed by atoms with E-state index >= 15 is 0 Å². The predicted octanol–water partition coefficient (Wildman–Crippen LogP) is 2.68. The highest BCUT2D eigenvalue weighted by Gasteiger charge is 2.42. The van der Waals surface area contributed by atoms with E-state index in [1.54, 1.807) is 25.1 Å². The number of hydrogen-bond acceptors (Lipinski definition) is 3. The Labute approximate surface area is 127 Å². The zero-order chi connectivity index (χ0) is 15.6. The van der Waals surface area contributed by atoms with Gasteiger partial charge in [-0.3, -0.25) is 4.79 Å². The highest BCUT2D eigenvalue weighted by molar-refractivity contribution is 6.32. The summed E-state index contributed by atoms with van der Waals surface area (Å²) >= 11 is 5.92. The number of carboxylic acids is 1. The third kappa shape index (κ3) is 3.21. The summed E-state index contributed by atoms with van der Waals surface area (Å²) in [5.74, 6) is -0.419. The van der Waals surface area contributed by atoms with Crippen molar-refractivity contribution in [3.05, 3.63) is 23.2 Å². The Morgan fingerprint density at radius 3 is 2.76 bits per heavy atom. The molecule has 0 saturated carbocycles. The van der Waals surface area contributed by atoms with Gasteiger partial charge in [0.25, 0.3) is 0 Å². The lowest BCUT2D eigenvalue weighted by atomic mass is 9.90. The number of methoxy groups -OCH3 is 1. The van der Waals surface area contributed by atoms with Gasteiger partial charge in [-0.15, -0.1) is 0 Å². The summed E-state index contributed by atoms with van der Waals surface area (Å²) in [6.07, 6.45) is 0.444.